The Bertz CT molecular complexity index is 1220. The van der Waals surface area contributed by atoms with Crippen LogP contribution in [0.15, 0.2) is 41.1 Å². The van der Waals surface area contributed by atoms with Gasteiger partial charge in [0.05, 0.1) is 17.4 Å². The van der Waals surface area contributed by atoms with Crippen LogP contribution in [0.25, 0.3) is 0 Å². The van der Waals surface area contributed by atoms with E-state index in [-0.39, 0.29) is 29.7 Å². The number of anilines is 3. The van der Waals surface area contributed by atoms with E-state index in [1.165, 1.54) is 6.07 Å². The van der Waals surface area contributed by atoms with Crippen molar-refractivity contribution in [3.63, 3.8) is 0 Å². The zero-order valence-corrected chi connectivity index (χ0v) is 21.3. The number of alkyl halides is 3. The van der Waals surface area contributed by atoms with E-state index in [2.05, 4.69) is 25.7 Å². The lowest BCUT2D eigenvalue weighted by molar-refractivity contribution is -0.137. The Kier molecular flexibility index (Phi) is 7.85. The summed E-state index contributed by atoms with van der Waals surface area (Å²) in [6.07, 6.45) is 2.08. The lowest BCUT2D eigenvalue weighted by Gasteiger charge is -2.33. The van der Waals surface area contributed by atoms with E-state index in [1.54, 1.807) is 12.3 Å². The molecule has 3 heterocycles. The van der Waals surface area contributed by atoms with Crippen molar-refractivity contribution in [2.75, 3.05) is 23.7 Å². The Labute approximate surface area is 219 Å². The number of nitrogens with one attached hydrogen (secondary N) is 2. The minimum Gasteiger partial charge on any atom is -0.393 e. The van der Waals surface area contributed by atoms with Gasteiger partial charge < -0.3 is 20.3 Å². The van der Waals surface area contributed by atoms with Crippen molar-refractivity contribution in [1.29, 1.82) is 0 Å². The molecule has 0 atom stereocenters. The molecule has 3 N–H and O–H groups in total. The fourth-order valence-electron chi connectivity index (χ4n) is 5.31. The molecular formula is C27H33F3N6O2. The molecule has 1 aliphatic carbocycles. The molecule has 8 nitrogen and oxygen atoms in total. The average molecular weight is 531 g/mol. The van der Waals surface area contributed by atoms with E-state index >= 15 is 0 Å². The van der Waals surface area contributed by atoms with E-state index in [0.717, 1.165) is 87.3 Å². The fourth-order valence-corrected chi connectivity index (χ4v) is 5.31. The fraction of sp³-hybridized carbons (Fsp3) is 0.519. The summed E-state index contributed by atoms with van der Waals surface area (Å²) in [7, 11) is 0. The smallest absolute Gasteiger partial charge is 0.393 e. The van der Waals surface area contributed by atoms with Crippen LogP contribution in [0, 0.1) is 6.92 Å². The highest BCUT2D eigenvalue weighted by Gasteiger charge is 2.31. The second-order valence-electron chi connectivity index (χ2n) is 10.3. The summed E-state index contributed by atoms with van der Waals surface area (Å²) in [5, 5.41) is 20.5. The Balaban J connectivity index is 1.32. The molecule has 2 fully saturated rings. The summed E-state index contributed by atoms with van der Waals surface area (Å²) >= 11 is 0. The maximum Gasteiger partial charge on any atom is 0.416 e. The molecule has 5 rings (SSSR count). The molecule has 204 valence electrons. The van der Waals surface area contributed by atoms with Gasteiger partial charge in [-0.3, -0.25) is 4.90 Å². The SMILES string of the molecule is Cc1cc(CN2CCC(c3cnc(Nc4cccc(C(F)(F)F)c4)nc3N[C@H]3CC[C@H](O)CC3)CC2)no1. The van der Waals surface area contributed by atoms with Crippen LogP contribution in [0.2, 0.25) is 0 Å². The summed E-state index contributed by atoms with van der Waals surface area (Å²) < 4.78 is 44.7. The third-order valence-electron chi connectivity index (χ3n) is 7.39. The molecule has 1 saturated heterocycles. The summed E-state index contributed by atoms with van der Waals surface area (Å²) in [5.74, 6) is 2.01. The first-order valence-electron chi connectivity index (χ1n) is 13.1. The number of hydrogen-bond donors (Lipinski definition) is 3. The monoisotopic (exact) mass is 530 g/mol. The third kappa shape index (κ3) is 6.63. The van der Waals surface area contributed by atoms with Crippen molar-refractivity contribution in [1.82, 2.24) is 20.0 Å². The Hall–Kier alpha value is -3.18. The number of aromatic nitrogens is 3. The minimum absolute atomic E-state index is 0.170. The summed E-state index contributed by atoms with van der Waals surface area (Å²) in [5.41, 5.74) is 1.49. The molecule has 2 aliphatic rings. The maximum absolute atomic E-state index is 13.2. The lowest BCUT2D eigenvalue weighted by Crippen LogP contribution is -2.33. The van der Waals surface area contributed by atoms with Gasteiger partial charge in [0, 0.05) is 36.1 Å². The van der Waals surface area contributed by atoms with Gasteiger partial charge >= 0.3 is 6.18 Å². The number of piperidine rings is 1. The Morgan fingerprint density at radius 2 is 1.84 bits per heavy atom. The summed E-state index contributed by atoms with van der Waals surface area (Å²) in [6, 6.07) is 7.14. The molecule has 2 aromatic heterocycles. The summed E-state index contributed by atoms with van der Waals surface area (Å²) in [6.45, 7) is 4.43. The normalized spacial score (nSPS) is 21.4. The van der Waals surface area contributed by atoms with E-state index in [1.807, 2.05) is 13.0 Å². The van der Waals surface area contributed by atoms with Crippen LogP contribution in [0.3, 0.4) is 0 Å². The molecule has 11 heteroatoms. The number of halogens is 3. The van der Waals surface area contributed by atoms with Gasteiger partial charge in [0.15, 0.2) is 0 Å². The second-order valence-corrected chi connectivity index (χ2v) is 10.3. The topological polar surface area (TPSA) is 99.3 Å². The van der Waals surface area contributed by atoms with Gasteiger partial charge in [-0.15, -0.1) is 0 Å². The molecular weight excluding hydrogens is 497 g/mol. The quantitative estimate of drug-likeness (QED) is 0.362. The molecule has 0 spiro atoms. The summed E-state index contributed by atoms with van der Waals surface area (Å²) in [4.78, 5) is 11.6. The van der Waals surface area contributed by atoms with E-state index in [0.29, 0.717) is 5.82 Å². The van der Waals surface area contributed by atoms with Gasteiger partial charge in [-0.2, -0.15) is 18.2 Å². The predicted molar refractivity (Wildman–Crippen MR) is 137 cm³/mol. The van der Waals surface area contributed by atoms with Gasteiger partial charge in [-0.25, -0.2) is 4.98 Å². The Morgan fingerprint density at radius 3 is 2.53 bits per heavy atom. The van der Waals surface area contributed by atoms with Crippen molar-refractivity contribution in [2.24, 2.45) is 0 Å². The highest BCUT2D eigenvalue weighted by atomic mass is 19.4. The number of benzene rings is 1. The number of nitrogens with zero attached hydrogens (tertiary/aromatic N) is 4. The van der Waals surface area contributed by atoms with Crippen LogP contribution in [-0.4, -0.2) is 50.4 Å². The van der Waals surface area contributed by atoms with Gasteiger partial charge in [0.1, 0.15) is 11.6 Å². The number of likely N-dealkylation sites (tertiary alicyclic amines) is 1. The number of hydrogen-bond acceptors (Lipinski definition) is 8. The van der Waals surface area contributed by atoms with E-state index in [4.69, 9.17) is 9.51 Å². The molecule has 38 heavy (non-hydrogen) atoms. The van der Waals surface area contributed by atoms with Crippen molar-refractivity contribution >= 4 is 17.5 Å². The van der Waals surface area contributed by atoms with Crippen LogP contribution >= 0.6 is 0 Å². The first-order valence-corrected chi connectivity index (χ1v) is 13.1. The highest BCUT2D eigenvalue weighted by molar-refractivity contribution is 5.58. The van der Waals surface area contributed by atoms with Crippen molar-refractivity contribution < 1.29 is 22.8 Å². The predicted octanol–water partition coefficient (Wildman–Crippen LogP) is 5.63. The van der Waals surface area contributed by atoms with Crippen LogP contribution in [0.4, 0.5) is 30.6 Å². The van der Waals surface area contributed by atoms with Crippen LogP contribution in [0.5, 0.6) is 0 Å². The molecule has 0 unspecified atom stereocenters. The molecule has 1 aliphatic heterocycles. The van der Waals surface area contributed by atoms with Gasteiger partial charge in [0.25, 0.3) is 0 Å². The molecule has 1 aromatic carbocycles. The first-order chi connectivity index (χ1) is 18.2. The highest BCUT2D eigenvalue weighted by Crippen LogP contribution is 2.35. The van der Waals surface area contributed by atoms with Crippen LogP contribution in [0.1, 0.15) is 67.0 Å². The van der Waals surface area contributed by atoms with E-state index in [9.17, 15) is 18.3 Å². The minimum atomic E-state index is -4.43. The molecule has 0 bridgehead atoms. The number of aliphatic hydroxyl groups excluding tert-OH is 1. The van der Waals surface area contributed by atoms with Gasteiger partial charge in [0.2, 0.25) is 5.95 Å². The van der Waals surface area contributed by atoms with Crippen molar-refractivity contribution in [2.45, 2.75) is 76.2 Å². The van der Waals surface area contributed by atoms with Gasteiger partial charge in [-0.05, 0) is 82.7 Å². The van der Waals surface area contributed by atoms with Crippen molar-refractivity contribution in [3.8, 4) is 0 Å². The van der Waals surface area contributed by atoms with Crippen LogP contribution in [-0.2, 0) is 12.7 Å². The van der Waals surface area contributed by atoms with Gasteiger partial charge in [-0.1, -0.05) is 11.2 Å². The first kappa shape index (κ1) is 26.4. The largest absolute Gasteiger partial charge is 0.416 e. The molecule has 0 radical (unpaired) electrons. The number of aryl methyl sites for hydroxylation is 1. The van der Waals surface area contributed by atoms with Crippen molar-refractivity contribution in [3.05, 3.63) is 59.1 Å². The number of aliphatic hydroxyl groups is 1. The Morgan fingerprint density at radius 1 is 1.08 bits per heavy atom. The lowest BCUT2D eigenvalue weighted by atomic mass is 9.89. The molecule has 1 saturated carbocycles. The number of rotatable bonds is 7. The third-order valence-corrected chi connectivity index (χ3v) is 7.39. The average Bonchev–Trinajstić information content (AvgIpc) is 3.30. The molecule has 3 aromatic rings. The van der Waals surface area contributed by atoms with E-state index < -0.39 is 11.7 Å². The van der Waals surface area contributed by atoms with Crippen LogP contribution < -0.4 is 10.6 Å². The standard InChI is InChI=1S/C27H33F3N6O2/c1-17-13-22(35-38-17)16-36-11-9-18(10-12-36)24-15-31-26(33-21-4-2-3-19(14-21)27(28,29)30)34-25(24)32-20-5-7-23(37)8-6-20/h2-4,13-15,18,20,23,37H,5-12,16H2,1H3,(H2,31,32,33,34)/t20-,23-. The maximum atomic E-state index is 13.2. The zero-order valence-electron chi connectivity index (χ0n) is 21.3. The molecule has 0 amide bonds. The second kappa shape index (κ2) is 11.3. The zero-order chi connectivity index (χ0) is 26.7.